The third-order valence-electron chi connectivity index (χ3n) is 5.35. The Morgan fingerprint density at radius 3 is 2.53 bits per heavy atom. The molecule has 1 amide bonds. The van der Waals surface area contributed by atoms with E-state index in [4.69, 9.17) is 9.47 Å². The molecule has 0 aromatic heterocycles. The van der Waals surface area contributed by atoms with Crippen molar-refractivity contribution < 1.29 is 22.7 Å². The number of carbonyl (C=O) groups excluding carboxylic acids is 1. The van der Waals surface area contributed by atoms with E-state index in [1.165, 1.54) is 19.2 Å². The zero-order chi connectivity index (χ0) is 24.0. The van der Waals surface area contributed by atoms with Crippen LogP contribution in [0.2, 0.25) is 0 Å². The van der Waals surface area contributed by atoms with Gasteiger partial charge in [0.15, 0.2) is 0 Å². The van der Waals surface area contributed by atoms with Gasteiger partial charge in [-0.15, -0.1) is 11.8 Å². The van der Waals surface area contributed by atoms with Gasteiger partial charge in [-0.25, -0.2) is 8.42 Å². The molecule has 0 radical (unpaired) electrons. The van der Waals surface area contributed by atoms with Crippen LogP contribution >= 0.6 is 11.8 Å². The van der Waals surface area contributed by atoms with E-state index in [2.05, 4.69) is 10.0 Å². The molecular formula is C25H26N2O5S2. The monoisotopic (exact) mass is 498 g/mol. The van der Waals surface area contributed by atoms with Crippen LogP contribution in [-0.4, -0.2) is 39.9 Å². The molecule has 0 saturated carbocycles. The normalized spacial score (nSPS) is 15.6. The molecule has 1 fully saturated rings. The summed E-state index contributed by atoms with van der Waals surface area (Å²) < 4.78 is 39.0. The molecular weight excluding hydrogens is 472 g/mol. The molecule has 2 N–H and O–H groups in total. The predicted octanol–water partition coefficient (Wildman–Crippen LogP) is 5.02. The van der Waals surface area contributed by atoms with Crippen LogP contribution in [0.3, 0.4) is 0 Å². The Kier molecular flexibility index (Phi) is 7.77. The van der Waals surface area contributed by atoms with Gasteiger partial charge in [0.05, 0.1) is 29.4 Å². The number of anilines is 2. The predicted molar refractivity (Wildman–Crippen MR) is 134 cm³/mol. The summed E-state index contributed by atoms with van der Waals surface area (Å²) in [5.74, 6) is 0.972. The second kappa shape index (κ2) is 10.9. The summed E-state index contributed by atoms with van der Waals surface area (Å²) in [6, 6.07) is 20.2. The third-order valence-corrected chi connectivity index (χ3v) is 7.94. The summed E-state index contributed by atoms with van der Waals surface area (Å²) in [6.07, 6.45) is 2.34. The lowest BCUT2D eigenvalue weighted by molar-refractivity contribution is 0.102. The Balaban J connectivity index is 1.43. The number of hydrogen-bond donors (Lipinski definition) is 2. The third kappa shape index (κ3) is 5.91. The highest BCUT2D eigenvalue weighted by molar-refractivity contribution is 7.99. The van der Waals surface area contributed by atoms with Gasteiger partial charge < -0.3 is 14.8 Å². The van der Waals surface area contributed by atoms with Gasteiger partial charge in [-0.05, 0) is 61.4 Å². The first kappa shape index (κ1) is 24.1. The molecule has 0 bridgehead atoms. The SMILES string of the molecule is COc1ccccc1NS(=O)(=O)c1ccc(NC(=O)c2ccccc2SCC2CCCO2)cc1. The Labute approximate surface area is 203 Å². The maximum absolute atomic E-state index is 12.9. The number of amides is 1. The molecule has 4 rings (SSSR count). The number of thioether (sulfide) groups is 1. The second-order valence-corrected chi connectivity index (χ2v) is 10.5. The van der Waals surface area contributed by atoms with Crippen molar-refractivity contribution in [2.24, 2.45) is 0 Å². The molecule has 1 atom stereocenters. The van der Waals surface area contributed by atoms with Crippen LogP contribution in [-0.2, 0) is 14.8 Å². The van der Waals surface area contributed by atoms with Gasteiger partial charge in [0.25, 0.3) is 15.9 Å². The zero-order valence-corrected chi connectivity index (χ0v) is 20.3. The van der Waals surface area contributed by atoms with E-state index in [1.807, 2.05) is 18.2 Å². The number of nitrogens with one attached hydrogen (secondary N) is 2. The first-order valence-electron chi connectivity index (χ1n) is 10.9. The summed E-state index contributed by atoms with van der Waals surface area (Å²) >= 11 is 1.61. The van der Waals surface area contributed by atoms with Crippen molar-refractivity contribution in [2.45, 2.75) is 28.7 Å². The van der Waals surface area contributed by atoms with E-state index >= 15 is 0 Å². The number of para-hydroxylation sites is 2. The molecule has 34 heavy (non-hydrogen) atoms. The summed E-state index contributed by atoms with van der Waals surface area (Å²) in [5.41, 5.74) is 1.42. The van der Waals surface area contributed by atoms with Crippen molar-refractivity contribution in [3.8, 4) is 5.75 Å². The van der Waals surface area contributed by atoms with Crippen LogP contribution in [0.5, 0.6) is 5.75 Å². The van der Waals surface area contributed by atoms with Crippen molar-refractivity contribution in [1.29, 1.82) is 0 Å². The van der Waals surface area contributed by atoms with E-state index in [0.29, 0.717) is 22.7 Å². The van der Waals surface area contributed by atoms with Crippen molar-refractivity contribution in [3.05, 3.63) is 78.4 Å². The van der Waals surface area contributed by atoms with Gasteiger partial charge >= 0.3 is 0 Å². The fourth-order valence-electron chi connectivity index (χ4n) is 3.59. The van der Waals surface area contributed by atoms with E-state index in [0.717, 1.165) is 30.1 Å². The Bertz CT molecular complexity index is 1240. The first-order valence-corrected chi connectivity index (χ1v) is 13.3. The number of methoxy groups -OCH3 is 1. The molecule has 1 aliphatic heterocycles. The van der Waals surface area contributed by atoms with Gasteiger partial charge in [-0.3, -0.25) is 9.52 Å². The second-order valence-electron chi connectivity index (χ2n) is 7.73. The number of rotatable bonds is 9. The Morgan fingerprint density at radius 1 is 1.06 bits per heavy atom. The van der Waals surface area contributed by atoms with E-state index in [9.17, 15) is 13.2 Å². The van der Waals surface area contributed by atoms with Crippen molar-refractivity contribution in [3.63, 3.8) is 0 Å². The summed E-state index contributed by atoms with van der Waals surface area (Å²) in [6.45, 7) is 0.799. The van der Waals surface area contributed by atoms with Gasteiger partial charge in [-0.1, -0.05) is 24.3 Å². The van der Waals surface area contributed by atoms with Crippen LogP contribution in [0, 0.1) is 0 Å². The minimum absolute atomic E-state index is 0.0731. The summed E-state index contributed by atoms with van der Waals surface area (Å²) in [5, 5.41) is 2.85. The minimum atomic E-state index is -3.82. The molecule has 1 heterocycles. The quantitative estimate of drug-likeness (QED) is 0.403. The molecule has 3 aromatic carbocycles. The largest absolute Gasteiger partial charge is 0.495 e. The highest BCUT2D eigenvalue weighted by Crippen LogP contribution is 2.28. The number of benzene rings is 3. The fourth-order valence-corrected chi connectivity index (χ4v) is 5.78. The smallest absolute Gasteiger partial charge is 0.262 e. The van der Waals surface area contributed by atoms with Crippen molar-refractivity contribution in [2.75, 3.05) is 29.5 Å². The molecule has 3 aromatic rings. The van der Waals surface area contributed by atoms with Crippen LogP contribution in [0.1, 0.15) is 23.2 Å². The molecule has 9 heteroatoms. The van der Waals surface area contributed by atoms with Crippen molar-refractivity contribution >= 4 is 39.1 Å². The highest BCUT2D eigenvalue weighted by atomic mass is 32.2. The number of hydrogen-bond acceptors (Lipinski definition) is 6. The molecule has 0 aliphatic carbocycles. The van der Waals surface area contributed by atoms with Gasteiger partial charge in [0, 0.05) is 22.9 Å². The molecule has 1 aliphatic rings. The van der Waals surface area contributed by atoms with Gasteiger partial charge in [-0.2, -0.15) is 0 Å². The first-order chi connectivity index (χ1) is 16.5. The summed E-state index contributed by atoms with van der Waals surface area (Å²) in [7, 11) is -2.35. The van der Waals surface area contributed by atoms with Gasteiger partial charge in [0.2, 0.25) is 0 Å². The van der Waals surface area contributed by atoms with E-state index in [1.54, 1.807) is 54.2 Å². The zero-order valence-electron chi connectivity index (χ0n) is 18.7. The number of ether oxygens (including phenoxy) is 2. The fraction of sp³-hybridized carbons (Fsp3) is 0.240. The lowest BCUT2D eigenvalue weighted by Gasteiger charge is -2.13. The van der Waals surface area contributed by atoms with Crippen LogP contribution in [0.25, 0.3) is 0 Å². The lowest BCUT2D eigenvalue weighted by atomic mass is 10.2. The maximum atomic E-state index is 12.9. The molecule has 0 spiro atoms. The van der Waals surface area contributed by atoms with Crippen LogP contribution in [0.4, 0.5) is 11.4 Å². The Morgan fingerprint density at radius 2 is 1.79 bits per heavy atom. The average Bonchev–Trinajstić information content (AvgIpc) is 3.37. The summed E-state index contributed by atoms with van der Waals surface area (Å²) in [4.78, 5) is 13.9. The van der Waals surface area contributed by atoms with Crippen molar-refractivity contribution in [1.82, 2.24) is 0 Å². The Hall–Kier alpha value is -3.01. The molecule has 1 unspecified atom stereocenters. The van der Waals surface area contributed by atoms with Gasteiger partial charge in [0.1, 0.15) is 5.75 Å². The van der Waals surface area contributed by atoms with Crippen LogP contribution < -0.4 is 14.8 Å². The minimum Gasteiger partial charge on any atom is -0.495 e. The lowest BCUT2D eigenvalue weighted by Crippen LogP contribution is -2.15. The standard InChI is InChI=1S/C25H26N2O5S2/c1-31-23-10-4-3-9-22(23)27-34(29,30)20-14-12-18(13-15-20)26-25(28)21-8-2-5-11-24(21)33-17-19-7-6-16-32-19/h2-5,8-15,19,27H,6-7,16-17H2,1H3,(H,26,28). The highest BCUT2D eigenvalue weighted by Gasteiger charge is 2.19. The number of carbonyl (C=O) groups is 1. The average molecular weight is 499 g/mol. The topological polar surface area (TPSA) is 93.7 Å². The van der Waals surface area contributed by atoms with E-state index < -0.39 is 10.0 Å². The molecule has 7 nitrogen and oxygen atoms in total. The molecule has 1 saturated heterocycles. The maximum Gasteiger partial charge on any atom is 0.262 e. The molecule has 178 valence electrons. The van der Waals surface area contributed by atoms with E-state index in [-0.39, 0.29) is 16.9 Å². The van der Waals surface area contributed by atoms with Crippen LogP contribution in [0.15, 0.2) is 82.6 Å². The number of sulfonamides is 1.